The summed E-state index contributed by atoms with van der Waals surface area (Å²) in [5.41, 5.74) is 4.62. The van der Waals surface area contributed by atoms with Crippen LogP contribution in [0, 0.1) is 10.1 Å². The van der Waals surface area contributed by atoms with E-state index in [-0.39, 0.29) is 37.2 Å². The van der Waals surface area contributed by atoms with Crippen molar-refractivity contribution in [3.8, 4) is 5.75 Å². The van der Waals surface area contributed by atoms with E-state index >= 15 is 0 Å². The van der Waals surface area contributed by atoms with Crippen molar-refractivity contribution >= 4 is 46.6 Å². The van der Waals surface area contributed by atoms with E-state index in [0.29, 0.717) is 22.2 Å². The lowest BCUT2D eigenvalue weighted by Gasteiger charge is -2.10. The van der Waals surface area contributed by atoms with Gasteiger partial charge in [0.05, 0.1) is 16.6 Å². The van der Waals surface area contributed by atoms with Crippen molar-refractivity contribution < 1.29 is 24.0 Å². The molecular weight excluding hydrogens is 463 g/mol. The minimum absolute atomic E-state index is 0.0210. The summed E-state index contributed by atoms with van der Waals surface area (Å²) in [7, 11) is 0. The molecule has 0 saturated carbocycles. The first-order chi connectivity index (χ1) is 15.3. The fraction of sp³-hybridized carbons (Fsp3) is 0.250. The normalized spacial score (nSPS) is 10.2. The Balaban J connectivity index is 1.58. The number of halogens is 2. The number of carbonyl (C=O) groups is 3. The molecule has 0 radical (unpaired) electrons. The second kappa shape index (κ2) is 12.5. The molecule has 0 spiro atoms. The van der Waals surface area contributed by atoms with Crippen LogP contribution in [0.15, 0.2) is 42.5 Å². The first-order valence-electron chi connectivity index (χ1n) is 9.44. The van der Waals surface area contributed by atoms with Crippen molar-refractivity contribution in [2.75, 3.05) is 13.2 Å². The maximum absolute atomic E-state index is 12.0. The number of nitro groups is 1. The van der Waals surface area contributed by atoms with Crippen molar-refractivity contribution in [1.82, 2.24) is 16.2 Å². The molecule has 0 fully saturated rings. The lowest BCUT2D eigenvalue weighted by Crippen LogP contribution is -2.42. The molecule has 3 amide bonds. The van der Waals surface area contributed by atoms with Gasteiger partial charge in [-0.2, -0.15) is 0 Å². The zero-order valence-electron chi connectivity index (χ0n) is 16.7. The maximum atomic E-state index is 12.0. The topological polar surface area (TPSA) is 140 Å². The van der Waals surface area contributed by atoms with E-state index < -0.39 is 22.6 Å². The fourth-order valence-electron chi connectivity index (χ4n) is 2.40. The molecule has 0 aliphatic heterocycles. The zero-order chi connectivity index (χ0) is 23.5. The van der Waals surface area contributed by atoms with Crippen LogP contribution in [0.1, 0.15) is 29.6 Å². The summed E-state index contributed by atoms with van der Waals surface area (Å²) >= 11 is 11.8. The molecule has 0 atom stereocenters. The van der Waals surface area contributed by atoms with Gasteiger partial charge in [0.25, 0.3) is 11.6 Å². The average Bonchev–Trinajstić information content (AvgIpc) is 2.76. The Morgan fingerprint density at radius 1 is 0.969 bits per heavy atom. The predicted molar refractivity (Wildman–Crippen MR) is 118 cm³/mol. The summed E-state index contributed by atoms with van der Waals surface area (Å²) in [5.74, 6) is -0.913. The van der Waals surface area contributed by atoms with Crippen LogP contribution in [-0.4, -0.2) is 35.8 Å². The zero-order valence-corrected chi connectivity index (χ0v) is 18.2. The van der Waals surface area contributed by atoms with Gasteiger partial charge in [-0.3, -0.25) is 35.3 Å². The average molecular weight is 483 g/mol. The van der Waals surface area contributed by atoms with Crippen LogP contribution in [0.3, 0.4) is 0 Å². The lowest BCUT2D eigenvalue weighted by molar-refractivity contribution is -0.384. The van der Waals surface area contributed by atoms with Gasteiger partial charge < -0.3 is 10.1 Å². The van der Waals surface area contributed by atoms with E-state index in [1.807, 2.05) is 0 Å². The van der Waals surface area contributed by atoms with Gasteiger partial charge >= 0.3 is 0 Å². The highest BCUT2D eigenvalue weighted by molar-refractivity contribution is 6.35. The van der Waals surface area contributed by atoms with Crippen LogP contribution in [-0.2, 0) is 9.59 Å². The first kappa shape index (κ1) is 24.9. The Morgan fingerprint density at radius 3 is 2.25 bits per heavy atom. The van der Waals surface area contributed by atoms with Gasteiger partial charge in [0.2, 0.25) is 11.8 Å². The van der Waals surface area contributed by atoms with Gasteiger partial charge in [-0.25, -0.2) is 0 Å². The molecule has 0 aliphatic carbocycles. The van der Waals surface area contributed by atoms with Gasteiger partial charge in [0.1, 0.15) is 5.75 Å². The van der Waals surface area contributed by atoms with E-state index in [2.05, 4.69) is 16.2 Å². The standard InChI is InChI=1S/C20H20Cl2N4O6/c21-14-5-8-17(16(22)12-14)32-11-1-2-18(27)24-25-19(28)9-10-23-20(29)13-3-6-15(7-4-13)26(30)31/h3-8,12H,1-2,9-11H2,(H,23,29)(H,24,27)(H,25,28). The van der Waals surface area contributed by atoms with Gasteiger partial charge in [-0.15, -0.1) is 0 Å². The highest BCUT2D eigenvalue weighted by Crippen LogP contribution is 2.27. The molecule has 2 rings (SSSR count). The maximum Gasteiger partial charge on any atom is 0.269 e. The number of benzene rings is 2. The number of ether oxygens (including phenoxy) is 1. The van der Waals surface area contributed by atoms with Crippen molar-refractivity contribution in [1.29, 1.82) is 0 Å². The third-order valence-electron chi connectivity index (χ3n) is 4.02. The Hall–Kier alpha value is -3.37. The summed E-state index contributed by atoms with van der Waals surface area (Å²) in [6, 6.07) is 9.88. The molecule has 32 heavy (non-hydrogen) atoms. The van der Waals surface area contributed by atoms with Gasteiger partial charge in [-0.1, -0.05) is 23.2 Å². The Labute approximate surface area is 193 Å². The second-order valence-electron chi connectivity index (χ2n) is 6.43. The third kappa shape index (κ3) is 8.40. The van der Waals surface area contributed by atoms with Crippen LogP contribution in [0.25, 0.3) is 0 Å². The first-order valence-corrected chi connectivity index (χ1v) is 10.2. The molecule has 0 heterocycles. The van der Waals surface area contributed by atoms with Crippen molar-refractivity contribution in [3.63, 3.8) is 0 Å². The quantitative estimate of drug-likeness (QED) is 0.270. The highest BCUT2D eigenvalue weighted by atomic mass is 35.5. The number of hydrogen-bond acceptors (Lipinski definition) is 6. The summed E-state index contributed by atoms with van der Waals surface area (Å²) < 4.78 is 5.47. The minimum Gasteiger partial charge on any atom is -0.492 e. The number of amides is 3. The Morgan fingerprint density at radius 2 is 1.62 bits per heavy atom. The van der Waals surface area contributed by atoms with Gasteiger partial charge in [0, 0.05) is 42.1 Å². The van der Waals surface area contributed by atoms with Gasteiger partial charge in [0.15, 0.2) is 0 Å². The SMILES string of the molecule is O=C(CCCOc1ccc(Cl)cc1Cl)NNC(=O)CCNC(=O)c1ccc([N+](=O)[O-])cc1. The molecule has 2 aromatic carbocycles. The summed E-state index contributed by atoms with van der Waals surface area (Å²) in [5, 5.41) is 14.0. The van der Waals surface area contributed by atoms with Gasteiger partial charge in [-0.05, 0) is 36.8 Å². The molecular formula is C20H20Cl2N4O6. The van der Waals surface area contributed by atoms with E-state index in [9.17, 15) is 24.5 Å². The number of non-ortho nitro benzene ring substituents is 1. The van der Waals surface area contributed by atoms with E-state index in [1.54, 1.807) is 18.2 Å². The number of rotatable bonds is 10. The molecule has 0 bridgehead atoms. The molecule has 0 aromatic heterocycles. The van der Waals surface area contributed by atoms with E-state index in [4.69, 9.17) is 27.9 Å². The number of nitrogens with one attached hydrogen (secondary N) is 3. The van der Waals surface area contributed by atoms with E-state index in [0.717, 1.165) is 0 Å². The van der Waals surface area contributed by atoms with Crippen LogP contribution in [0.5, 0.6) is 5.75 Å². The third-order valence-corrected chi connectivity index (χ3v) is 4.55. The fourth-order valence-corrected chi connectivity index (χ4v) is 2.86. The number of carbonyl (C=O) groups excluding carboxylic acids is 3. The van der Waals surface area contributed by atoms with Crippen molar-refractivity contribution in [3.05, 3.63) is 68.2 Å². The molecule has 12 heteroatoms. The summed E-state index contributed by atoms with van der Waals surface area (Å²) in [4.78, 5) is 45.5. The van der Waals surface area contributed by atoms with Crippen molar-refractivity contribution in [2.24, 2.45) is 0 Å². The predicted octanol–water partition coefficient (Wildman–Crippen LogP) is 3.03. The molecule has 10 nitrogen and oxygen atoms in total. The molecule has 3 N–H and O–H groups in total. The molecule has 0 saturated heterocycles. The van der Waals surface area contributed by atoms with E-state index in [1.165, 1.54) is 24.3 Å². The Bertz CT molecular complexity index is 985. The smallest absolute Gasteiger partial charge is 0.269 e. The largest absolute Gasteiger partial charge is 0.492 e. The summed E-state index contributed by atoms with van der Waals surface area (Å²) in [6.45, 7) is 0.268. The Kier molecular flexibility index (Phi) is 9.71. The van der Waals surface area contributed by atoms with Crippen LogP contribution in [0.2, 0.25) is 10.0 Å². The number of hydrogen-bond donors (Lipinski definition) is 3. The molecule has 2 aromatic rings. The number of hydrazine groups is 1. The number of nitro benzene ring substituents is 1. The lowest BCUT2D eigenvalue weighted by atomic mass is 10.2. The highest BCUT2D eigenvalue weighted by Gasteiger charge is 2.10. The number of nitrogens with zero attached hydrogens (tertiary/aromatic N) is 1. The van der Waals surface area contributed by atoms with Crippen LogP contribution in [0.4, 0.5) is 5.69 Å². The molecule has 0 aliphatic rings. The molecule has 0 unspecified atom stereocenters. The second-order valence-corrected chi connectivity index (χ2v) is 7.28. The van der Waals surface area contributed by atoms with Crippen LogP contribution < -0.4 is 20.9 Å². The summed E-state index contributed by atoms with van der Waals surface area (Å²) in [6.07, 6.45) is 0.436. The molecule has 170 valence electrons. The van der Waals surface area contributed by atoms with Crippen molar-refractivity contribution in [2.45, 2.75) is 19.3 Å². The monoisotopic (exact) mass is 482 g/mol. The minimum atomic E-state index is -0.567. The van der Waals surface area contributed by atoms with Crippen LogP contribution >= 0.6 is 23.2 Å².